The van der Waals surface area contributed by atoms with Crippen molar-refractivity contribution in [2.45, 2.75) is 57.9 Å². The number of carbonyl (C=O) groups excluding carboxylic acids is 1. The normalized spacial score (nSPS) is 20.8. The summed E-state index contributed by atoms with van der Waals surface area (Å²) in [5.74, 6) is 1.34. The average molecular weight is 342 g/mol. The van der Waals surface area contributed by atoms with Crippen LogP contribution in [0.15, 0.2) is 6.07 Å². The molecule has 7 heteroatoms. The van der Waals surface area contributed by atoms with Gasteiger partial charge in [0.05, 0.1) is 17.4 Å². The van der Waals surface area contributed by atoms with E-state index in [-0.39, 0.29) is 12.1 Å². The van der Waals surface area contributed by atoms with Crippen molar-refractivity contribution in [1.29, 1.82) is 0 Å². The number of nitrogens with zero attached hydrogens (tertiary/aromatic N) is 4. The summed E-state index contributed by atoms with van der Waals surface area (Å²) in [7, 11) is 1.89. The zero-order valence-corrected chi connectivity index (χ0v) is 15.2. The molecule has 4 rings (SSSR count). The number of aryl methyl sites for hydroxylation is 3. The van der Waals surface area contributed by atoms with E-state index < -0.39 is 0 Å². The molecule has 1 saturated heterocycles. The first-order valence-corrected chi connectivity index (χ1v) is 9.17. The molecule has 134 valence electrons. The Hall–Kier alpha value is -2.31. The summed E-state index contributed by atoms with van der Waals surface area (Å²) in [5, 5.41) is 15.0. The molecule has 3 heterocycles. The monoisotopic (exact) mass is 342 g/mol. The Labute approximate surface area is 147 Å². The fourth-order valence-corrected chi connectivity index (χ4v) is 4.05. The van der Waals surface area contributed by atoms with E-state index >= 15 is 0 Å². The van der Waals surface area contributed by atoms with Gasteiger partial charge in [-0.05, 0) is 39.5 Å². The van der Waals surface area contributed by atoms with Crippen molar-refractivity contribution >= 4 is 11.8 Å². The predicted molar refractivity (Wildman–Crippen MR) is 95.6 cm³/mol. The first kappa shape index (κ1) is 16.2. The molecule has 0 aromatic carbocycles. The van der Waals surface area contributed by atoms with Gasteiger partial charge in [-0.1, -0.05) is 6.42 Å². The molecule has 1 aliphatic heterocycles. The van der Waals surface area contributed by atoms with Crippen molar-refractivity contribution in [3.8, 4) is 0 Å². The van der Waals surface area contributed by atoms with Crippen LogP contribution in [0.5, 0.6) is 0 Å². The summed E-state index contributed by atoms with van der Waals surface area (Å²) in [6.45, 7) is 4.79. The number of amides is 2. The smallest absolute Gasteiger partial charge is 0.317 e. The summed E-state index contributed by atoms with van der Waals surface area (Å²) in [6.07, 6.45) is 5.69. The number of likely N-dealkylation sites (tertiary alicyclic amines) is 1. The van der Waals surface area contributed by atoms with Crippen molar-refractivity contribution in [1.82, 2.24) is 24.9 Å². The van der Waals surface area contributed by atoms with Crippen LogP contribution in [0.2, 0.25) is 0 Å². The van der Waals surface area contributed by atoms with E-state index in [4.69, 9.17) is 0 Å². The quantitative estimate of drug-likeness (QED) is 0.897. The van der Waals surface area contributed by atoms with Gasteiger partial charge >= 0.3 is 6.03 Å². The Morgan fingerprint density at radius 2 is 2.08 bits per heavy atom. The van der Waals surface area contributed by atoms with Crippen LogP contribution in [0.4, 0.5) is 10.6 Å². The van der Waals surface area contributed by atoms with Gasteiger partial charge in [0.2, 0.25) is 0 Å². The van der Waals surface area contributed by atoms with Gasteiger partial charge in [0.15, 0.2) is 0 Å². The third kappa shape index (κ3) is 2.81. The van der Waals surface area contributed by atoms with E-state index in [1.165, 1.54) is 19.3 Å². The number of aromatic nitrogens is 4. The molecule has 2 aromatic heterocycles. The molecule has 0 radical (unpaired) electrons. The standard InChI is InChI=1S/C18H26N6O/c1-11-17(12(2)21-20-11)15-8-5-9-24(15)18(25)19-16-10-14(22-23(16)3)13-6-4-7-13/h10,13,15H,4-9H2,1-3H3,(H,19,25)(H,20,21). The maximum Gasteiger partial charge on any atom is 0.323 e. The Bertz CT molecular complexity index is 768. The molecule has 1 atom stereocenters. The van der Waals surface area contributed by atoms with Gasteiger partial charge in [-0.25, -0.2) is 4.79 Å². The zero-order valence-electron chi connectivity index (χ0n) is 15.2. The highest BCUT2D eigenvalue weighted by Gasteiger charge is 2.33. The topological polar surface area (TPSA) is 78.8 Å². The van der Waals surface area contributed by atoms with Crippen LogP contribution in [-0.2, 0) is 7.05 Å². The van der Waals surface area contributed by atoms with Gasteiger partial charge in [-0.3, -0.25) is 15.1 Å². The SMILES string of the molecule is Cc1n[nH]c(C)c1C1CCCN1C(=O)Nc1cc(C2CCC2)nn1C. The largest absolute Gasteiger partial charge is 0.323 e. The lowest BCUT2D eigenvalue weighted by Gasteiger charge is -2.25. The predicted octanol–water partition coefficient (Wildman–Crippen LogP) is 3.40. The Balaban J connectivity index is 1.51. The van der Waals surface area contributed by atoms with Crippen LogP contribution in [0, 0.1) is 13.8 Å². The van der Waals surface area contributed by atoms with Crippen molar-refractivity contribution in [3.05, 3.63) is 28.7 Å². The number of rotatable bonds is 3. The van der Waals surface area contributed by atoms with Crippen LogP contribution in [0.1, 0.15) is 66.7 Å². The zero-order chi connectivity index (χ0) is 17.6. The average Bonchev–Trinajstić information content (AvgIpc) is 3.19. The number of anilines is 1. The fraction of sp³-hybridized carbons (Fsp3) is 0.611. The first-order valence-electron chi connectivity index (χ1n) is 9.17. The third-order valence-corrected chi connectivity index (χ3v) is 5.69. The minimum atomic E-state index is -0.0503. The van der Waals surface area contributed by atoms with Crippen molar-refractivity contribution in [2.75, 3.05) is 11.9 Å². The van der Waals surface area contributed by atoms with Crippen LogP contribution >= 0.6 is 0 Å². The molecule has 2 fully saturated rings. The van der Waals surface area contributed by atoms with Crippen LogP contribution in [0.25, 0.3) is 0 Å². The minimum Gasteiger partial charge on any atom is -0.317 e. The highest BCUT2D eigenvalue weighted by atomic mass is 16.2. The highest BCUT2D eigenvalue weighted by Crippen LogP contribution is 2.37. The van der Waals surface area contributed by atoms with Crippen LogP contribution in [0.3, 0.4) is 0 Å². The molecule has 2 amide bonds. The molecule has 2 aromatic rings. The summed E-state index contributed by atoms with van der Waals surface area (Å²) in [5.41, 5.74) is 4.29. The van der Waals surface area contributed by atoms with Crippen molar-refractivity contribution < 1.29 is 4.79 Å². The number of hydrogen-bond acceptors (Lipinski definition) is 3. The van der Waals surface area contributed by atoms with Gasteiger partial charge in [0.25, 0.3) is 0 Å². The number of carbonyl (C=O) groups is 1. The maximum absolute atomic E-state index is 12.9. The summed E-state index contributed by atoms with van der Waals surface area (Å²) in [6, 6.07) is 2.07. The highest BCUT2D eigenvalue weighted by molar-refractivity contribution is 5.89. The number of urea groups is 1. The maximum atomic E-state index is 12.9. The first-order chi connectivity index (χ1) is 12.0. The molecule has 0 spiro atoms. The number of nitrogens with one attached hydrogen (secondary N) is 2. The molecule has 7 nitrogen and oxygen atoms in total. The Morgan fingerprint density at radius 3 is 2.72 bits per heavy atom. The van der Waals surface area contributed by atoms with E-state index in [1.807, 2.05) is 31.9 Å². The second kappa shape index (κ2) is 6.20. The van der Waals surface area contributed by atoms with Gasteiger partial charge < -0.3 is 4.90 Å². The third-order valence-electron chi connectivity index (χ3n) is 5.69. The molecule has 2 aliphatic rings. The van der Waals surface area contributed by atoms with Crippen molar-refractivity contribution in [3.63, 3.8) is 0 Å². The molecule has 0 bridgehead atoms. The van der Waals surface area contributed by atoms with E-state index in [0.717, 1.165) is 47.8 Å². The summed E-state index contributed by atoms with van der Waals surface area (Å²) < 4.78 is 1.78. The van der Waals surface area contributed by atoms with E-state index in [2.05, 4.69) is 20.6 Å². The second-order valence-electron chi connectivity index (χ2n) is 7.34. The van der Waals surface area contributed by atoms with Crippen LogP contribution < -0.4 is 5.32 Å². The molecular formula is C18H26N6O. The molecule has 1 unspecified atom stereocenters. The van der Waals surface area contributed by atoms with Gasteiger partial charge in [0.1, 0.15) is 5.82 Å². The molecule has 1 saturated carbocycles. The number of H-pyrrole nitrogens is 1. The summed E-state index contributed by atoms with van der Waals surface area (Å²) >= 11 is 0. The summed E-state index contributed by atoms with van der Waals surface area (Å²) in [4.78, 5) is 14.8. The second-order valence-corrected chi connectivity index (χ2v) is 7.34. The van der Waals surface area contributed by atoms with Gasteiger partial charge in [-0.2, -0.15) is 10.2 Å². The molecule has 25 heavy (non-hydrogen) atoms. The molecular weight excluding hydrogens is 316 g/mol. The minimum absolute atomic E-state index is 0.0503. The Morgan fingerprint density at radius 1 is 1.28 bits per heavy atom. The lowest BCUT2D eigenvalue weighted by atomic mass is 9.83. The van der Waals surface area contributed by atoms with Crippen LogP contribution in [-0.4, -0.2) is 37.5 Å². The van der Waals surface area contributed by atoms with Gasteiger partial charge in [0, 0.05) is 36.8 Å². The fourth-order valence-electron chi connectivity index (χ4n) is 4.05. The molecule has 1 aliphatic carbocycles. The van der Waals surface area contributed by atoms with Gasteiger partial charge in [-0.15, -0.1) is 0 Å². The van der Waals surface area contributed by atoms with E-state index in [0.29, 0.717) is 5.92 Å². The number of hydrogen-bond donors (Lipinski definition) is 2. The Kier molecular flexibility index (Phi) is 4.01. The van der Waals surface area contributed by atoms with E-state index in [9.17, 15) is 4.79 Å². The lowest BCUT2D eigenvalue weighted by molar-refractivity contribution is 0.206. The molecule has 2 N–H and O–H groups in total. The number of aromatic amines is 1. The lowest BCUT2D eigenvalue weighted by Crippen LogP contribution is -2.35. The van der Waals surface area contributed by atoms with Crippen molar-refractivity contribution in [2.24, 2.45) is 7.05 Å². The van der Waals surface area contributed by atoms with E-state index in [1.54, 1.807) is 4.68 Å².